The molecule has 0 aliphatic heterocycles. The number of hydrogen-bond donors (Lipinski definition) is 1. The number of carbonyl (C=O) groups is 1. The molecule has 2 heteroatoms. The molecular weight excluding hydrogens is 222 g/mol. The first-order chi connectivity index (χ1) is 8.58. The Morgan fingerprint density at radius 1 is 0.889 bits per heavy atom. The summed E-state index contributed by atoms with van der Waals surface area (Å²) in [5.74, 6) is -0.0539. The molecular formula is C16H17NO. The molecule has 0 saturated carbocycles. The molecule has 0 aliphatic carbocycles. The lowest BCUT2D eigenvalue weighted by molar-refractivity contribution is 0.102. The van der Waals surface area contributed by atoms with Crippen molar-refractivity contribution in [3.8, 4) is 0 Å². The molecule has 2 aromatic rings. The van der Waals surface area contributed by atoms with Gasteiger partial charge in [-0.15, -0.1) is 0 Å². The van der Waals surface area contributed by atoms with Crippen molar-refractivity contribution in [2.24, 2.45) is 0 Å². The third-order valence-electron chi connectivity index (χ3n) is 3.12. The van der Waals surface area contributed by atoms with E-state index in [-0.39, 0.29) is 5.91 Å². The predicted molar refractivity (Wildman–Crippen MR) is 75.0 cm³/mol. The van der Waals surface area contributed by atoms with E-state index in [0.29, 0.717) is 0 Å². The number of anilines is 1. The number of carbonyl (C=O) groups excluding carboxylic acids is 1. The molecule has 2 rings (SSSR count). The molecule has 1 N–H and O–H groups in total. The molecule has 0 heterocycles. The SMILES string of the molecule is Cc1cc(C)c(C(=O)Nc2ccccc2)cc1C. The zero-order chi connectivity index (χ0) is 13.1. The zero-order valence-electron chi connectivity index (χ0n) is 10.9. The van der Waals surface area contributed by atoms with Gasteiger partial charge in [-0.3, -0.25) is 4.79 Å². The van der Waals surface area contributed by atoms with E-state index in [1.54, 1.807) is 0 Å². The molecule has 0 unspecified atom stereocenters. The van der Waals surface area contributed by atoms with Crippen LogP contribution in [0.3, 0.4) is 0 Å². The Hall–Kier alpha value is -2.09. The number of benzene rings is 2. The Morgan fingerprint density at radius 2 is 1.50 bits per heavy atom. The fourth-order valence-electron chi connectivity index (χ4n) is 1.93. The molecule has 92 valence electrons. The summed E-state index contributed by atoms with van der Waals surface area (Å²) in [6.45, 7) is 6.04. The first kappa shape index (κ1) is 12.4. The highest BCUT2D eigenvalue weighted by atomic mass is 16.1. The molecule has 2 nitrogen and oxygen atoms in total. The summed E-state index contributed by atoms with van der Waals surface area (Å²) in [5.41, 5.74) is 4.91. The van der Waals surface area contributed by atoms with Crippen molar-refractivity contribution in [1.29, 1.82) is 0 Å². The Bertz CT molecular complexity index is 573. The van der Waals surface area contributed by atoms with Crippen LogP contribution in [0.4, 0.5) is 5.69 Å². The van der Waals surface area contributed by atoms with Crippen molar-refractivity contribution in [3.63, 3.8) is 0 Å². The Labute approximate surface area is 108 Å². The first-order valence-corrected chi connectivity index (χ1v) is 6.02. The van der Waals surface area contributed by atoms with Gasteiger partial charge in [-0.25, -0.2) is 0 Å². The maximum absolute atomic E-state index is 12.2. The van der Waals surface area contributed by atoms with Gasteiger partial charge in [0.05, 0.1) is 0 Å². The summed E-state index contributed by atoms with van der Waals surface area (Å²) in [5, 5.41) is 2.91. The molecule has 0 aliphatic rings. The minimum atomic E-state index is -0.0539. The minimum absolute atomic E-state index is 0.0539. The molecule has 0 fully saturated rings. The lowest BCUT2D eigenvalue weighted by atomic mass is 10.0. The Morgan fingerprint density at radius 3 is 2.17 bits per heavy atom. The normalized spacial score (nSPS) is 10.2. The van der Waals surface area contributed by atoms with E-state index >= 15 is 0 Å². The number of amides is 1. The van der Waals surface area contributed by atoms with Gasteiger partial charge in [0.1, 0.15) is 0 Å². The fourth-order valence-corrected chi connectivity index (χ4v) is 1.93. The van der Waals surface area contributed by atoms with Crippen LogP contribution in [0, 0.1) is 20.8 Å². The van der Waals surface area contributed by atoms with Crippen molar-refractivity contribution < 1.29 is 4.79 Å². The smallest absolute Gasteiger partial charge is 0.255 e. The van der Waals surface area contributed by atoms with Gasteiger partial charge in [-0.1, -0.05) is 24.3 Å². The van der Waals surface area contributed by atoms with E-state index in [1.807, 2.05) is 50.2 Å². The van der Waals surface area contributed by atoms with E-state index in [9.17, 15) is 4.79 Å². The molecule has 0 saturated heterocycles. The third-order valence-corrected chi connectivity index (χ3v) is 3.12. The summed E-state index contributed by atoms with van der Waals surface area (Å²) in [6, 6.07) is 13.5. The average molecular weight is 239 g/mol. The summed E-state index contributed by atoms with van der Waals surface area (Å²) >= 11 is 0. The molecule has 0 spiro atoms. The maximum atomic E-state index is 12.2. The predicted octanol–water partition coefficient (Wildman–Crippen LogP) is 3.86. The second kappa shape index (κ2) is 5.05. The van der Waals surface area contributed by atoms with Crippen LogP contribution in [-0.2, 0) is 0 Å². The molecule has 18 heavy (non-hydrogen) atoms. The van der Waals surface area contributed by atoms with Crippen LogP contribution in [0.5, 0.6) is 0 Å². The Balaban J connectivity index is 2.27. The van der Waals surface area contributed by atoms with Crippen molar-refractivity contribution in [2.75, 3.05) is 5.32 Å². The van der Waals surface area contributed by atoms with Crippen LogP contribution in [0.1, 0.15) is 27.0 Å². The molecule has 2 aromatic carbocycles. The summed E-state index contributed by atoms with van der Waals surface area (Å²) in [7, 11) is 0. The first-order valence-electron chi connectivity index (χ1n) is 6.02. The number of hydrogen-bond acceptors (Lipinski definition) is 1. The minimum Gasteiger partial charge on any atom is -0.322 e. The molecule has 1 amide bonds. The average Bonchev–Trinajstić information content (AvgIpc) is 2.35. The highest BCUT2D eigenvalue weighted by Crippen LogP contribution is 2.17. The van der Waals surface area contributed by atoms with Gasteiger partial charge < -0.3 is 5.32 Å². The van der Waals surface area contributed by atoms with Gasteiger partial charge in [0.15, 0.2) is 0 Å². The van der Waals surface area contributed by atoms with Gasteiger partial charge in [0.25, 0.3) is 5.91 Å². The van der Waals surface area contributed by atoms with Crippen LogP contribution in [0.15, 0.2) is 42.5 Å². The third kappa shape index (κ3) is 2.59. The van der Waals surface area contributed by atoms with Crippen LogP contribution < -0.4 is 5.32 Å². The Kier molecular flexibility index (Phi) is 3.47. The fraction of sp³-hybridized carbons (Fsp3) is 0.188. The number of aryl methyl sites for hydroxylation is 3. The second-order valence-electron chi connectivity index (χ2n) is 4.57. The van der Waals surface area contributed by atoms with Gasteiger partial charge >= 0.3 is 0 Å². The molecule has 0 bridgehead atoms. The van der Waals surface area contributed by atoms with E-state index in [1.165, 1.54) is 5.56 Å². The highest BCUT2D eigenvalue weighted by molar-refractivity contribution is 6.05. The summed E-state index contributed by atoms with van der Waals surface area (Å²) < 4.78 is 0. The monoisotopic (exact) mass is 239 g/mol. The number of nitrogens with one attached hydrogen (secondary N) is 1. The summed E-state index contributed by atoms with van der Waals surface area (Å²) in [6.07, 6.45) is 0. The van der Waals surface area contributed by atoms with Crippen molar-refractivity contribution >= 4 is 11.6 Å². The molecule has 0 radical (unpaired) electrons. The van der Waals surface area contributed by atoms with Crippen LogP contribution >= 0.6 is 0 Å². The standard InChI is InChI=1S/C16H17NO/c1-11-9-13(3)15(10-12(11)2)16(18)17-14-7-5-4-6-8-14/h4-10H,1-3H3,(H,17,18). The van der Waals surface area contributed by atoms with Crippen molar-refractivity contribution in [1.82, 2.24) is 0 Å². The summed E-state index contributed by atoms with van der Waals surface area (Å²) in [4.78, 5) is 12.2. The van der Waals surface area contributed by atoms with Crippen LogP contribution in [-0.4, -0.2) is 5.91 Å². The van der Waals surface area contributed by atoms with Crippen molar-refractivity contribution in [2.45, 2.75) is 20.8 Å². The lowest BCUT2D eigenvalue weighted by Gasteiger charge is -2.10. The van der Waals surface area contributed by atoms with Gasteiger partial charge in [0, 0.05) is 11.3 Å². The van der Waals surface area contributed by atoms with Gasteiger partial charge in [-0.2, -0.15) is 0 Å². The van der Waals surface area contributed by atoms with E-state index < -0.39 is 0 Å². The zero-order valence-corrected chi connectivity index (χ0v) is 10.9. The number of rotatable bonds is 2. The number of para-hydroxylation sites is 1. The van der Waals surface area contributed by atoms with E-state index in [0.717, 1.165) is 22.4 Å². The molecule has 0 aromatic heterocycles. The molecule has 0 atom stereocenters. The van der Waals surface area contributed by atoms with Crippen LogP contribution in [0.2, 0.25) is 0 Å². The van der Waals surface area contributed by atoms with E-state index in [2.05, 4.69) is 18.3 Å². The maximum Gasteiger partial charge on any atom is 0.255 e. The second-order valence-corrected chi connectivity index (χ2v) is 4.57. The lowest BCUT2D eigenvalue weighted by Crippen LogP contribution is -2.13. The highest BCUT2D eigenvalue weighted by Gasteiger charge is 2.10. The van der Waals surface area contributed by atoms with Crippen LogP contribution in [0.25, 0.3) is 0 Å². The topological polar surface area (TPSA) is 29.1 Å². The quantitative estimate of drug-likeness (QED) is 0.847. The van der Waals surface area contributed by atoms with Gasteiger partial charge in [0.2, 0.25) is 0 Å². The largest absolute Gasteiger partial charge is 0.322 e. The van der Waals surface area contributed by atoms with Crippen molar-refractivity contribution in [3.05, 3.63) is 64.7 Å². The van der Waals surface area contributed by atoms with Gasteiger partial charge in [-0.05, 0) is 55.7 Å². The van der Waals surface area contributed by atoms with E-state index in [4.69, 9.17) is 0 Å².